The highest BCUT2D eigenvalue weighted by molar-refractivity contribution is 5.26. The van der Waals surface area contributed by atoms with Gasteiger partial charge in [-0.15, -0.1) is 0 Å². The summed E-state index contributed by atoms with van der Waals surface area (Å²) in [7, 11) is 0. The van der Waals surface area contributed by atoms with Crippen LogP contribution in [0.4, 0.5) is 4.39 Å². The van der Waals surface area contributed by atoms with Gasteiger partial charge in [-0.2, -0.15) is 0 Å². The fourth-order valence-corrected chi connectivity index (χ4v) is 1.48. The minimum Gasteiger partial charge on any atom is -0.330 e. The number of nitrogens with two attached hydrogens (primary N) is 1. The highest BCUT2D eigenvalue weighted by Gasteiger charge is 2.13. The molecule has 0 aliphatic carbocycles. The van der Waals surface area contributed by atoms with Gasteiger partial charge in [0.2, 0.25) is 0 Å². The van der Waals surface area contributed by atoms with Gasteiger partial charge in [0, 0.05) is 0 Å². The van der Waals surface area contributed by atoms with Crippen molar-refractivity contribution >= 4 is 0 Å². The molecule has 0 radical (unpaired) electrons. The van der Waals surface area contributed by atoms with Gasteiger partial charge in [-0.25, -0.2) is 4.39 Å². The fraction of sp³-hybridized carbons (Fsp3) is 0.500. The number of rotatable bonds is 3. The lowest BCUT2D eigenvalue weighted by Gasteiger charge is -2.19. The van der Waals surface area contributed by atoms with E-state index in [9.17, 15) is 4.39 Å². The maximum Gasteiger partial charge on any atom is 0.126 e. The molecule has 0 aliphatic rings. The Morgan fingerprint density at radius 1 is 1.36 bits per heavy atom. The average Bonchev–Trinajstić information content (AvgIpc) is 2.20. The van der Waals surface area contributed by atoms with Gasteiger partial charge in [-0.1, -0.05) is 26.0 Å². The van der Waals surface area contributed by atoms with Gasteiger partial charge in [0.1, 0.15) is 5.82 Å². The molecule has 0 amide bonds. The Bertz CT molecular complexity index is 309. The molecule has 2 N–H and O–H groups in total. The Hall–Kier alpha value is -0.890. The van der Waals surface area contributed by atoms with E-state index >= 15 is 0 Å². The first kappa shape index (κ1) is 11.2. The standard InChI is InChI=1S/C12H18FN/c1-8-6-11(4-5-12(8)13)10(3)9(2)7-14/h4-6,9-10H,7,14H2,1-3H3. The predicted molar refractivity (Wildman–Crippen MR) is 57.8 cm³/mol. The number of hydrogen-bond acceptors (Lipinski definition) is 1. The van der Waals surface area contributed by atoms with E-state index < -0.39 is 0 Å². The maximum absolute atomic E-state index is 13.0. The van der Waals surface area contributed by atoms with Gasteiger partial charge < -0.3 is 5.73 Å². The first-order valence-electron chi connectivity index (χ1n) is 5.02. The Morgan fingerprint density at radius 3 is 2.50 bits per heavy atom. The molecule has 0 saturated heterocycles. The van der Waals surface area contributed by atoms with Crippen LogP contribution in [0.25, 0.3) is 0 Å². The van der Waals surface area contributed by atoms with Crippen molar-refractivity contribution in [2.75, 3.05) is 6.54 Å². The van der Waals surface area contributed by atoms with Crippen molar-refractivity contribution < 1.29 is 4.39 Å². The molecular formula is C12H18FN. The molecule has 1 aromatic carbocycles. The van der Waals surface area contributed by atoms with Crippen LogP contribution in [0, 0.1) is 18.7 Å². The summed E-state index contributed by atoms with van der Waals surface area (Å²) in [5.41, 5.74) is 7.48. The van der Waals surface area contributed by atoms with E-state index in [0.29, 0.717) is 23.9 Å². The van der Waals surface area contributed by atoms with Crippen LogP contribution >= 0.6 is 0 Å². The van der Waals surface area contributed by atoms with E-state index in [4.69, 9.17) is 5.73 Å². The van der Waals surface area contributed by atoms with E-state index in [1.165, 1.54) is 11.6 Å². The van der Waals surface area contributed by atoms with Crippen molar-refractivity contribution in [2.45, 2.75) is 26.7 Å². The molecule has 14 heavy (non-hydrogen) atoms. The van der Waals surface area contributed by atoms with E-state index in [0.717, 1.165) is 0 Å². The third-order valence-corrected chi connectivity index (χ3v) is 2.93. The summed E-state index contributed by atoms with van der Waals surface area (Å²) in [5.74, 6) is 0.681. The zero-order valence-electron chi connectivity index (χ0n) is 9.05. The molecule has 2 heteroatoms. The molecule has 0 saturated carbocycles. The van der Waals surface area contributed by atoms with Crippen LogP contribution in [0.5, 0.6) is 0 Å². The summed E-state index contributed by atoms with van der Waals surface area (Å²) in [4.78, 5) is 0. The van der Waals surface area contributed by atoms with Crippen LogP contribution in [0.15, 0.2) is 18.2 Å². The molecule has 0 fully saturated rings. The van der Waals surface area contributed by atoms with Gasteiger partial charge >= 0.3 is 0 Å². The Labute approximate surface area is 85.1 Å². The molecule has 1 rings (SSSR count). The van der Waals surface area contributed by atoms with E-state index in [1.54, 1.807) is 6.92 Å². The SMILES string of the molecule is Cc1cc(C(C)C(C)CN)ccc1F. The minimum atomic E-state index is -0.138. The second-order valence-corrected chi connectivity index (χ2v) is 4.01. The zero-order chi connectivity index (χ0) is 10.7. The van der Waals surface area contributed by atoms with Crippen LogP contribution in [-0.2, 0) is 0 Å². The molecular weight excluding hydrogens is 177 g/mol. The number of halogens is 1. The monoisotopic (exact) mass is 195 g/mol. The van der Waals surface area contributed by atoms with Crippen molar-refractivity contribution in [2.24, 2.45) is 11.7 Å². The van der Waals surface area contributed by atoms with Gasteiger partial charge in [0.15, 0.2) is 0 Å². The molecule has 1 nitrogen and oxygen atoms in total. The molecule has 2 unspecified atom stereocenters. The highest BCUT2D eigenvalue weighted by atomic mass is 19.1. The predicted octanol–water partition coefficient (Wildman–Crippen LogP) is 2.83. The molecule has 78 valence electrons. The fourth-order valence-electron chi connectivity index (χ4n) is 1.48. The molecule has 0 spiro atoms. The summed E-state index contributed by atoms with van der Waals surface area (Å²) in [6.45, 7) is 6.70. The summed E-state index contributed by atoms with van der Waals surface area (Å²) in [6.07, 6.45) is 0. The minimum absolute atomic E-state index is 0.138. The van der Waals surface area contributed by atoms with E-state index in [2.05, 4.69) is 13.8 Å². The van der Waals surface area contributed by atoms with Crippen LogP contribution in [0.3, 0.4) is 0 Å². The van der Waals surface area contributed by atoms with Crippen LogP contribution < -0.4 is 5.73 Å². The largest absolute Gasteiger partial charge is 0.330 e. The average molecular weight is 195 g/mol. The topological polar surface area (TPSA) is 26.0 Å². The molecule has 2 atom stereocenters. The third-order valence-electron chi connectivity index (χ3n) is 2.93. The van der Waals surface area contributed by atoms with E-state index in [1.807, 2.05) is 12.1 Å². The highest BCUT2D eigenvalue weighted by Crippen LogP contribution is 2.24. The quantitative estimate of drug-likeness (QED) is 0.788. The Morgan fingerprint density at radius 2 is 2.00 bits per heavy atom. The summed E-state index contributed by atoms with van der Waals surface area (Å²) in [5, 5.41) is 0. The van der Waals surface area contributed by atoms with Crippen molar-refractivity contribution in [1.82, 2.24) is 0 Å². The van der Waals surface area contributed by atoms with Gasteiger partial charge in [0.25, 0.3) is 0 Å². The van der Waals surface area contributed by atoms with Gasteiger partial charge in [-0.3, -0.25) is 0 Å². The van der Waals surface area contributed by atoms with Gasteiger partial charge in [0.05, 0.1) is 0 Å². The van der Waals surface area contributed by atoms with Crippen molar-refractivity contribution in [3.63, 3.8) is 0 Å². The number of benzene rings is 1. The third kappa shape index (κ3) is 2.32. The van der Waals surface area contributed by atoms with Crippen LogP contribution in [0.2, 0.25) is 0 Å². The molecule has 1 aromatic rings. The molecule has 0 aliphatic heterocycles. The number of hydrogen-bond donors (Lipinski definition) is 1. The van der Waals surface area contributed by atoms with Crippen molar-refractivity contribution in [3.8, 4) is 0 Å². The summed E-state index contributed by atoms with van der Waals surface area (Å²) >= 11 is 0. The Balaban J connectivity index is 2.91. The second-order valence-electron chi connectivity index (χ2n) is 4.01. The molecule has 0 bridgehead atoms. The smallest absolute Gasteiger partial charge is 0.126 e. The van der Waals surface area contributed by atoms with Gasteiger partial charge in [-0.05, 0) is 42.5 Å². The number of aryl methyl sites for hydroxylation is 1. The van der Waals surface area contributed by atoms with Crippen LogP contribution in [-0.4, -0.2) is 6.54 Å². The summed E-state index contributed by atoms with van der Waals surface area (Å²) in [6, 6.07) is 5.29. The lowest BCUT2D eigenvalue weighted by molar-refractivity contribution is 0.497. The second kappa shape index (κ2) is 4.56. The summed E-state index contributed by atoms with van der Waals surface area (Å²) < 4.78 is 13.0. The van der Waals surface area contributed by atoms with E-state index in [-0.39, 0.29) is 5.82 Å². The lowest BCUT2D eigenvalue weighted by Crippen LogP contribution is -2.17. The van der Waals surface area contributed by atoms with Crippen molar-refractivity contribution in [3.05, 3.63) is 35.1 Å². The van der Waals surface area contributed by atoms with Crippen LogP contribution in [0.1, 0.15) is 30.9 Å². The molecule has 0 heterocycles. The maximum atomic E-state index is 13.0. The first-order chi connectivity index (χ1) is 6.56. The zero-order valence-corrected chi connectivity index (χ0v) is 9.05. The Kier molecular flexibility index (Phi) is 3.64. The van der Waals surface area contributed by atoms with Crippen molar-refractivity contribution in [1.29, 1.82) is 0 Å². The first-order valence-corrected chi connectivity index (χ1v) is 5.02. The molecule has 0 aromatic heterocycles. The lowest BCUT2D eigenvalue weighted by atomic mass is 9.88. The normalized spacial score (nSPS) is 15.2.